The third kappa shape index (κ3) is 2.09. The highest BCUT2D eigenvalue weighted by molar-refractivity contribution is 7.15. The first kappa shape index (κ1) is 19.7. The highest BCUT2D eigenvalue weighted by atomic mass is 32.1. The van der Waals surface area contributed by atoms with Crippen molar-refractivity contribution in [3.8, 4) is 0 Å². The van der Waals surface area contributed by atoms with E-state index >= 15 is 0 Å². The molecule has 3 saturated carbocycles. The summed E-state index contributed by atoms with van der Waals surface area (Å²) in [6.07, 6.45) is 3.13. The lowest BCUT2D eigenvalue weighted by molar-refractivity contribution is -0.195. The molecular weight excluding hydrogens is 380 g/mol. The van der Waals surface area contributed by atoms with Gasteiger partial charge in [-0.2, -0.15) is 0 Å². The van der Waals surface area contributed by atoms with Crippen LogP contribution in [0.2, 0.25) is 0 Å². The Kier molecular flexibility index (Phi) is 3.90. The number of ketones is 1. The van der Waals surface area contributed by atoms with Crippen LogP contribution in [0.1, 0.15) is 57.5 Å². The van der Waals surface area contributed by atoms with Gasteiger partial charge in [-0.05, 0) is 60.3 Å². The quantitative estimate of drug-likeness (QED) is 0.699. The molecule has 0 aliphatic heterocycles. The van der Waals surface area contributed by atoms with E-state index in [1.807, 2.05) is 11.3 Å². The molecule has 5 heteroatoms. The molecular formula is C24H34N2O2S. The zero-order chi connectivity index (χ0) is 21.1. The van der Waals surface area contributed by atoms with Crippen LogP contribution < -0.4 is 4.90 Å². The number of aromatic nitrogens is 1. The number of carbonyl (C=O) groups is 1. The molecule has 1 spiro atoms. The molecule has 29 heavy (non-hydrogen) atoms. The Labute approximate surface area is 178 Å². The monoisotopic (exact) mass is 414 g/mol. The second kappa shape index (κ2) is 5.73. The molecule has 2 bridgehead atoms. The second-order valence-electron chi connectivity index (χ2n) is 11.2. The second-order valence-corrected chi connectivity index (χ2v) is 12.2. The van der Waals surface area contributed by atoms with Crippen LogP contribution in [0.4, 0.5) is 5.13 Å². The summed E-state index contributed by atoms with van der Waals surface area (Å²) in [6.45, 7) is 13.4. The molecule has 7 atom stereocenters. The van der Waals surface area contributed by atoms with Crippen LogP contribution in [0.25, 0.3) is 0 Å². The van der Waals surface area contributed by atoms with Crippen LogP contribution in [-0.4, -0.2) is 36.1 Å². The Balaban J connectivity index is 1.69. The fourth-order valence-corrected chi connectivity index (χ4v) is 9.62. The Bertz CT molecular complexity index is 918. The van der Waals surface area contributed by atoms with Gasteiger partial charge in [0.25, 0.3) is 0 Å². The summed E-state index contributed by atoms with van der Waals surface area (Å²) in [7, 11) is 4.10. The van der Waals surface area contributed by atoms with Crippen molar-refractivity contribution >= 4 is 22.3 Å². The zero-order valence-corrected chi connectivity index (χ0v) is 19.4. The molecule has 158 valence electrons. The Morgan fingerprint density at radius 3 is 2.55 bits per heavy atom. The largest absolute Gasteiger partial charge is 0.392 e. The van der Waals surface area contributed by atoms with Crippen molar-refractivity contribution in [1.29, 1.82) is 0 Å². The van der Waals surface area contributed by atoms with E-state index in [-0.39, 0.29) is 34.4 Å². The summed E-state index contributed by atoms with van der Waals surface area (Å²) in [5.74, 6) is 1.14. The normalized spacial score (nSPS) is 44.9. The Morgan fingerprint density at radius 2 is 1.90 bits per heavy atom. The lowest BCUT2D eigenvalue weighted by Gasteiger charge is -2.65. The molecule has 1 N–H and O–H groups in total. The minimum Gasteiger partial charge on any atom is -0.392 e. The van der Waals surface area contributed by atoms with Gasteiger partial charge < -0.3 is 10.0 Å². The van der Waals surface area contributed by atoms with Crippen molar-refractivity contribution < 1.29 is 9.90 Å². The van der Waals surface area contributed by atoms with E-state index in [1.165, 1.54) is 10.6 Å². The van der Waals surface area contributed by atoms with Crippen LogP contribution in [-0.2, 0) is 16.6 Å². The number of rotatable bonds is 1. The van der Waals surface area contributed by atoms with E-state index in [2.05, 4.69) is 53.3 Å². The van der Waals surface area contributed by atoms with Crippen molar-refractivity contribution in [2.24, 2.45) is 34.5 Å². The number of aliphatic hydroxyl groups is 1. The maximum atomic E-state index is 13.6. The standard InChI is InChI=1S/C24H34N2O2S/c1-12-14-8-9-16-23(5)11-15-19(25-21(29-15)26(6)7)22(3,4)17(23)10-18(27)24(16,13(14)2)20(12)28/h13-14,16-18,27H,1,8-11H2,2-7H3/t13?,14-,16-,17+,18+,23-,24+/m0/s1. The number of Topliss-reactive ketones (excluding diaryl/α,β-unsaturated/α-hetero) is 1. The molecule has 4 nitrogen and oxygen atoms in total. The molecule has 3 fully saturated rings. The van der Waals surface area contributed by atoms with E-state index in [0.717, 1.165) is 30.0 Å². The van der Waals surface area contributed by atoms with Gasteiger partial charge in [0.05, 0.1) is 17.2 Å². The third-order valence-corrected chi connectivity index (χ3v) is 10.7. The Morgan fingerprint density at radius 1 is 1.21 bits per heavy atom. The van der Waals surface area contributed by atoms with Crippen LogP contribution in [0.15, 0.2) is 12.2 Å². The van der Waals surface area contributed by atoms with E-state index < -0.39 is 11.5 Å². The molecule has 4 aliphatic carbocycles. The number of nitrogens with zero attached hydrogens (tertiary/aromatic N) is 2. The molecule has 1 aromatic heterocycles. The molecule has 1 aromatic rings. The first-order chi connectivity index (χ1) is 13.5. The number of aliphatic hydroxyl groups excluding tert-OH is 1. The summed E-state index contributed by atoms with van der Waals surface area (Å²) < 4.78 is 0. The molecule has 0 aromatic carbocycles. The van der Waals surface area contributed by atoms with Gasteiger partial charge in [0.2, 0.25) is 0 Å². The molecule has 1 heterocycles. The first-order valence-electron chi connectivity index (χ1n) is 11.1. The number of allylic oxidation sites excluding steroid dienone is 1. The van der Waals surface area contributed by atoms with Crippen LogP contribution >= 0.6 is 11.3 Å². The van der Waals surface area contributed by atoms with E-state index in [9.17, 15) is 9.90 Å². The van der Waals surface area contributed by atoms with Gasteiger partial charge in [-0.3, -0.25) is 4.79 Å². The molecule has 0 amide bonds. The van der Waals surface area contributed by atoms with Crippen molar-refractivity contribution in [2.75, 3.05) is 19.0 Å². The van der Waals surface area contributed by atoms with E-state index in [0.29, 0.717) is 12.3 Å². The minimum absolute atomic E-state index is 0.00858. The van der Waals surface area contributed by atoms with Gasteiger partial charge in [-0.25, -0.2) is 4.98 Å². The number of thiazole rings is 1. The number of hydrogen-bond donors (Lipinski definition) is 1. The highest BCUT2D eigenvalue weighted by Gasteiger charge is 2.73. The van der Waals surface area contributed by atoms with Gasteiger partial charge in [0.1, 0.15) is 0 Å². The summed E-state index contributed by atoms with van der Waals surface area (Å²) in [5.41, 5.74) is 1.23. The van der Waals surface area contributed by atoms with Crippen LogP contribution in [0.3, 0.4) is 0 Å². The van der Waals surface area contributed by atoms with Crippen LogP contribution in [0, 0.1) is 34.5 Å². The van der Waals surface area contributed by atoms with Crippen molar-refractivity contribution in [3.63, 3.8) is 0 Å². The fraction of sp³-hybridized carbons (Fsp3) is 0.750. The maximum absolute atomic E-state index is 13.6. The van der Waals surface area contributed by atoms with Crippen molar-refractivity contribution in [3.05, 3.63) is 22.7 Å². The summed E-state index contributed by atoms with van der Waals surface area (Å²) >= 11 is 1.81. The average molecular weight is 415 g/mol. The lowest BCUT2D eigenvalue weighted by Crippen LogP contribution is -2.66. The van der Waals surface area contributed by atoms with Gasteiger partial charge in [-0.15, -0.1) is 11.3 Å². The van der Waals surface area contributed by atoms with Crippen LogP contribution in [0.5, 0.6) is 0 Å². The Hall–Kier alpha value is -1.20. The number of anilines is 1. The summed E-state index contributed by atoms with van der Waals surface area (Å²) in [4.78, 5) is 22.1. The summed E-state index contributed by atoms with van der Waals surface area (Å²) in [5, 5.41) is 12.6. The number of hydrogen-bond acceptors (Lipinski definition) is 5. The van der Waals surface area contributed by atoms with E-state index in [4.69, 9.17) is 4.98 Å². The van der Waals surface area contributed by atoms with Gasteiger partial charge >= 0.3 is 0 Å². The third-order valence-electron chi connectivity index (χ3n) is 9.53. The van der Waals surface area contributed by atoms with E-state index in [1.54, 1.807) is 0 Å². The zero-order valence-electron chi connectivity index (χ0n) is 18.6. The molecule has 1 unspecified atom stereocenters. The lowest BCUT2D eigenvalue weighted by atomic mass is 9.39. The summed E-state index contributed by atoms with van der Waals surface area (Å²) in [6, 6.07) is 0. The predicted octanol–water partition coefficient (Wildman–Crippen LogP) is 4.22. The van der Waals surface area contributed by atoms with Crippen molar-refractivity contribution in [1.82, 2.24) is 4.98 Å². The topological polar surface area (TPSA) is 53.4 Å². The van der Waals surface area contributed by atoms with Crippen molar-refractivity contribution in [2.45, 2.75) is 64.9 Å². The minimum atomic E-state index is -0.631. The number of carbonyl (C=O) groups excluding carboxylic acids is 1. The fourth-order valence-electron chi connectivity index (χ4n) is 8.30. The maximum Gasteiger partial charge on any atom is 0.185 e. The average Bonchev–Trinajstić information content (AvgIpc) is 3.10. The predicted molar refractivity (Wildman–Crippen MR) is 117 cm³/mol. The SMILES string of the molecule is C=C1C(=O)[C@]23C(C)[C@H]1CC[C@H]2[C@]1(C)Cc2sc(N(C)C)nc2C(C)(C)[C@H]1C[C@H]3O. The smallest absolute Gasteiger partial charge is 0.185 e. The number of fused-ring (bicyclic) bond motifs is 4. The molecule has 0 radical (unpaired) electrons. The molecule has 5 rings (SSSR count). The molecule has 4 aliphatic rings. The molecule has 0 saturated heterocycles. The highest BCUT2D eigenvalue weighted by Crippen LogP contribution is 2.72. The van der Waals surface area contributed by atoms with Gasteiger partial charge in [0, 0.05) is 24.4 Å². The van der Waals surface area contributed by atoms with Gasteiger partial charge in [0.15, 0.2) is 10.9 Å². The van der Waals surface area contributed by atoms with Gasteiger partial charge in [-0.1, -0.05) is 34.3 Å². The first-order valence-corrected chi connectivity index (χ1v) is 11.9.